The number of para-hydroxylation sites is 1. The summed E-state index contributed by atoms with van der Waals surface area (Å²) in [6, 6.07) is 9.56. The van der Waals surface area contributed by atoms with Crippen LogP contribution in [-0.4, -0.2) is 14.6 Å². The Morgan fingerprint density at radius 2 is 1.95 bits per heavy atom. The van der Waals surface area contributed by atoms with Gasteiger partial charge in [-0.1, -0.05) is 41.4 Å². The van der Waals surface area contributed by atoms with Gasteiger partial charge in [0.1, 0.15) is 22.7 Å². The Morgan fingerprint density at radius 3 is 2.70 bits per heavy atom. The van der Waals surface area contributed by atoms with E-state index in [4.69, 9.17) is 27.9 Å². The van der Waals surface area contributed by atoms with Crippen molar-refractivity contribution in [1.29, 1.82) is 0 Å². The molecule has 0 unspecified atom stereocenters. The zero-order valence-electron chi connectivity index (χ0n) is 10.7. The monoisotopic (exact) mass is 307 g/mol. The van der Waals surface area contributed by atoms with Gasteiger partial charge in [-0.3, -0.25) is 0 Å². The molecular formula is C14H11Cl2N3O. The zero-order chi connectivity index (χ0) is 14.1. The van der Waals surface area contributed by atoms with E-state index in [0.717, 1.165) is 11.3 Å². The quantitative estimate of drug-likeness (QED) is 0.688. The molecule has 1 aromatic carbocycles. The third kappa shape index (κ3) is 2.32. The summed E-state index contributed by atoms with van der Waals surface area (Å²) in [5.74, 6) is 0.788. The van der Waals surface area contributed by atoms with Crippen LogP contribution in [0.2, 0.25) is 10.3 Å². The highest BCUT2D eigenvalue weighted by Crippen LogP contribution is 2.24. The maximum absolute atomic E-state index is 6.20. The normalized spacial score (nSPS) is 10.9. The van der Waals surface area contributed by atoms with Crippen LogP contribution in [0, 0.1) is 6.92 Å². The van der Waals surface area contributed by atoms with Gasteiger partial charge in [-0.15, -0.1) is 0 Å². The number of rotatable bonds is 3. The van der Waals surface area contributed by atoms with Crippen molar-refractivity contribution in [2.75, 3.05) is 0 Å². The van der Waals surface area contributed by atoms with E-state index in [9.17, 15) is 0 Å². The van der Waals surface area contributed by atoms with Crippen molar-refractivity contribution >= 4 is 28.8 Å². The van der Waals surface area contributed by atoms with Crippen LogP contribution in [0.5, 0.6) is 5.75 Å². The average Bonchev–Trinajstić information content (AvgIpc) is 2.87. The van der Waals surface area contributed by atoms with Gasteiger partial charge < -0.3 is 4.74 Å². The van der Waals surface area contributed by atoms with Gasteiger partial charge in [-0.05, 0) is 19.1 Å². The molecule has 2 aromatic heterocycles. The highest BCUT2D eigenvalue weighted by atomic mass is 35.5. The standard InChI is InChI=1S/C14H11Cl2N3O/c1-9-12(15)18-14-10(7-17-19(14)13(9)16)8-20-11-5-3-2-4-6-11/h2-7H,8H2,1H3. The van der Waals surface area contributed by atoms with Crippen LogP contribution < -0.4 is 4.74 Å². The topological polar surface area (TPSA) is 39.4 Å². The molecule has 0 spiro atoms. The summed E-state index contributed by atoms with van der Waals surface area (Å²) in [4.78, 5) is 4.31. The lowest BCUT2D eigenvalue weighted by Crippen LogP contribution is -1.99. The lowest BCUT2D eigenvalue weighted by atomic mass is 10.3. The SMILES string of the molecule is Cc1c(Cl)nc2c(COc3ccccc3)cnn2c1Cl. The minimum atomic E-state index is 0.357. The highest BCUT2D eigenvalue weighted by Gasteiger charge is 2.13. The largest absolute Gasteiger partial charge is 0.489 e. The van der Waals surface area contributed by atoms with Crippen molar-refractivity contribution in [2.24, 2.45) is 0 Å². The van der Waals surface area contributed by atoms with Crippen LogP contribution >= 0.6 is 23.2 Å². The Morgan fingerprint density at radius 1 is 1.20 bits per heavy atom. The van der Waals surface area contributed by atoms with Gasteiger partial charge in [0.05, 0.1) is 11.8 Å². The van der Waals surface area contributed by atoms with E-state index in [1.807, 2.05) is 30.3 Å². The maximum Gasteiger partial charge on any atom is 0.165 e. The molecule has 0 radical (unpaired) electrons. The summed E-state index contributed by atoms with van der Waals surface area (Å²) in [6.45, 7) is 2.16. The summed E-state index contributed by atoms with van der Waals surface area (Å²) in [5, 5.41) is 5.06. The van der Waals surface area contributed by atoms with Crippen LogP contribution in [0.4, 0.5) is 0 Å². The third-order valence-corrected chi connectivity index (χ3v) is 3.77. The smallest absolute Gasteiger partial charge is 0.165 e. The first kappa shape index (κ1) is 13.2. The molecule has 0 fully saturated rings. The molecule has 0 amide bonds. The molecule has 0 bridgehead atoms. The van der Waals surface area contributed by atoms with Crippen molar-refractivity contribution in [2.45, 2.75) is 13.5 Å². The molecule has 2 heterocycles. The Bertz CT molecular complexity index is 756. The Hall–Kier alpha value is -1.78. The molecule has 0 N–H and O–H groups in total. The van der Waals surface area contributed by atoms with E-state index in [1.54, 1.807) is 17.6 Å². The number of fused-ring (bicyclic) bond motifs is 1. The molecule has 3 rings (SSSR count). The number of nitrogens with zero attached hydrogens (tertiary/aromatic N) is 3. The lowest BCUT2D eigenvalue weighted by molar-refractivity contribution is 0.307. The van der Waals surface area contributed by atoms with Crippen molar-refractivity contribution in [3.8, 4) is 5.75 Å². The fourth-order valence-corrected chi connectivity index (χ4v) is 2.27. The second-order valence-corrected chi connectivity index (χ2v) is 5.04. The number of aromatic nitrogens is 3. The van der Waals surface area contributed by atoms with Crippen molar-refractivity contribution in [3.63, 3.8) is 0 Å². The number of halogens is 2. The lowest BCUT2D eigenvalue weighted by Gasteiger charge is -2.06. The number of ether oxygens (including phenoxy) is 1. The minimum Gasteiger partial charge on any atom is -0.489 e. The predicted molar refractivity (Wildman–Crippen MR) is 78.5 cm³/mol. The summed E-state index contributed by atoms with van der Waals surface area (Å²) in [7, 11) is 0. The van der Waals surface area contributed by atoms with Gasteiger partial charge in [0.2, 0.25) is 0 Å². The van der Waals surface area contributed by atoms with Crippen molar-refractivity contribution in [3.05, 3.63) is 58.0 Å². The molecule has 0 aliphatic heterocycles. The summed E-state index contributed by atoms with van der Waals surface area (Å²) in [6.07, 6.45) is 1.69. The van der Waals surface area contributed by atoms with E-state index in [-0.39, 0.29) is 0 Å². The van der Waals surface area contributed by atoms with Crippen LogP contribution in [0.3, 0.4) is 0 Å². The summed E-state index contributed by atoms with van der Waals surface area (Å²) < 4.78 is 7.25. The first-order valence-corrected chi connectivity index (χ1v) is 6.78. The van der Waals surface area contributed by atoms with E-state index < -0.39 is 0 Å². The molecule has 6 heteroatoms. The number of benzene rings is 1. The van der Waals surface area contributed by atoms with E-state index in [1.165, 1.54) is 0 Å². The van der Waals surface area contributed by atoms with Gasteiger partial charge in [0.15, 0.2) is 5.65 Å². The minimum absolute atomic E-state index is 0.357. The molecule has 0 atom stereocenters. The van der Waals surface area contributed by atoms with Crippen LogP contribution in [0.15, 0.2) is 36.5 Å². The Kier molecular flexibility index (Phi) is 3.51. The highest BCUT2D eigenvalue weighted by molar-refractivity contribution is 6.34. The fraction of sp³-hybridized carbons (Fsp3) is 0.143. The second-order valence-electron chi connectivity index (χ2n) is 4.33. The van der Waals surface area contributed by atoms with E-state index in [2.05, 4.69) is 10.1 Å². The zero-order valence-corrected chi connectivity index (χ0v) is 12.2. The van der Waals surface area contributed by atoms with E-state index >= 15 is 0 Å². The molecular weight excluding hydrogens is 297 g/mol. The molecule has 4 nitrogen and oxygen atoms in total. The van der Waals surface area contributed by atoms with Crippen LogP contribution in [-0.2, 0) is 6.61 Å². The number of hydrogen-bond donors (Lipinski definition) is 0. The van der Waals surface area contributed by atoms with Gasteiger partial charge in [-0.25, -0.2) is 9.50 Å². The molecule has 20 heavy (non-hydrogen) atoms. The molecule has 0 aliphatic rings. The van der Waals surface area contributed by atoms with Crippen LogP contribution in [0.25, 0.3) is 5.65 Å². The van der Waals surface area contributed by atoms with Gasteiger partial charge >= 0.3 is 0 Å². The molecule has 0 saturated heterocycles. The molecule has 102 valence electrons. The summed E-state index contributed by atoms with van der Waals surface area (Å²) in [5.41, 5.74) is 2.15. The Labute approximate surface area is 125 Å². The fourth-order valence-electron chi connectivity index (χ4n) is 1.84. The maximum atomic E-state index is 6.20. The molecule has 3 aromatic rings. The van der Waals surface area contributed by atoms with E-state index in [0.29, 0.717) is 28.1 Å². The van der Waals surface area contributed by atoms with Gasteiger partial charge in [0, 0.05) is 5.56 Å². The first-order valence-electron chi connectivity index (χ1n) is 6.03. The third-order valence-electron chi connectivity index (χ3n) is 2.96. The Balaban J connectivity index is 1.93. The first-order chi connectivity index (χ1) is 9.66. The van der Waals surface area contributed by atoms with Gasteiger partial charge in [-0.2, -0.15) is 5.10 Å². The van der Waals surface area contributed by atoms with Crippen LogP contribution in [0.1, 0.15) is 11.1 Å². The predicted octanol–water partition coefficient (Wildman–Crippen LogP) is 3.92. The van der Waals surface area contributed by atoms with Crippen molar-refractivity contribution in [1.82, 2.24) is 14.6 Å². The average molecular weight is 308 g/mol. The van der Waals surface area contributed by atoms with Crippen molar-refractivity contribution < 1.29 is 4.74 Å². The molecule has 0 saturated carbocycles. The molecule has 0 aliphatic carbocycles. The number of hydrogen-bond acceptors (Lipinski definition) is 3. The summed E-state index contributed by atoms with van der Waals surface area (Å²) >= 11 is 12.3. The second kappa shape index (κ2) is 5.31. The van der Waals surface area contributed by atoms with Gasteiger partial charge in [0.25, 0.3) is 0 Å².